The van der Waals surface area contributed by atoms with Crippen molar-refractivity contribution < 1.29 is 4.79 Å². The third-order valence-corrected chi connectivity index (χ3v) is 9.88. The zero-order valence-electron chi connectivity index (χ0n) is 17.7. The number of amides is 1. The molecule has 0 aromatic heterocycles. The summed E-state index contributed by atoms with van der Waals surface area (Å²) in [5.41, 5.74) is 0.0321. The molecule has 0 aromatic rings. The van der Waals surface area contributed by atoms with Gasteiger partial charge in [-0.3, -0.25) is 9.69 Å². The summed E-state index contributed by atoms with van der Waals surface area (Å²) in [7, 11) is 0. The van der Waals surface area contributed by atoms with Gasteiger partial charge in [-0.25, -0.2) is 0 Å². The lowest BCUT2D eigenvalue weighted by atomic mass is 9.49. The minimum Gasteiger partial charge on any atom is -0.353 e. The van der Waals surface area contributed by atoms with Gasteiger partial charge in [0.1, 0.15) is 0 Å². The highest BCUT2D eigenvalue weighted by atomic mass is 16.2. The summed E-state index contributed by atoms with van der Waals surface area (Å²) in [5.74, 6) is 3.07. The van der Waals surface area contributed by atoms with Crippen molar-refractivity contribution in [2.45, 2.75) is 127 Å². The topological polar surface area (TPSA) is 32.3 Å². The van der Waals surface area contributed by atoms with Crippen molar-refractivity contribution in [1.29, 1.82) is 0 Å². The number of rotatable bonds is 3. The van der Waals surface area contributed by atoms with Gasteiger partial charge in [-0.2, -0.15) is 0 Å². The van der Waals surface area contributed by atoms with Crippen molar-refractivity contribution in [1.82, 2.24) is 10.2 Å². The Hall–Kier alpha value is -0.570. The number of carbonyl (C=O) groups is 1. The highest BCUT2D eigenvalue weighted by Gasteiger charge is 2.55. The van der Waals surface area contributed by atoms with Crippen molar-refractivity contribution in [2.24, 2.45) is 23.2 Å². The Balaban J connectivity index is 1.13. The molecule has 3 heteroatoms. The van der Waals surface area contributed by atoms with Crippen LogP contribution in [0.15, 0.2) is 0 Å². The van der Waals surface area contributed by atoms with E-state index in [0.717, 1.165) is 35.9 Å². The Morgan fingerprint density at radius 2 is 1.21 bits per heavy atom. The molecule has 2 saturated heterocycles. The van der Waals surface area contributed by atoms with Crippen LogP contribution >= 0.6 is 0 Å². The number of hydrogen-bond donors (Lipinski definition) is 1. The largest absolute Gasteiger partial charge is 0.353 e. The Kier molecular flexibility index (Phi) is 4.55. The summed E-state index contributed by atoms with van der Waals surface area (Å²) in [5, 5.41) is 3.66. The maximum Gasteiger partial charge on any atom is 0.226 e. The van der Waals surface area contributed by atoms with E-state index < -0.39 is 0 Å². The first-order valence-corrected chi connectivity index (χ1v) is 12.8. The normalized spacial score (nSPS) is 48.6. The van der Waals surface area contributed by atoms with E-state index in [-0.39, 0.29) is 5.41 Å². The van der Waals surface area contributed by atoms with Crippen LogP contribution in [0.2, 0.25) is 0 Å². The van der Waals surface area contributed by atoms with Crippen LogP contribution < -0.4 is 5.32 Å². The Labute approximate surface area is 171 Å². The minimum absolute atomic E-state index is 0.0321. The van der Waals surface area contributed by atoms with Crippen LogP contribution in [0.1, 0.15) is 103 Å². The van der Waals surface area contributed by atoms with E-state index in [1.54, 1.807) is 0 Å². The zero-order valence-corrected chi connectivity index (χ0v) is 17.7. The summed E-state index contributed by atoms with van der Waals surface area (Å²) in [6.07, 6.45) is 21.7. The Morgan fingerprint density at radius 1 is 0.679 bits per heavy atom. The molecule has 2 aliphatic heterocycles. The van der Waals surface area contributed by atoms with Crippen LogP contribution in [0.25, 0.3) is 0 Å². The van der Waals surface area contributed by atoms with Gasteiger partial charge in [0, 0.05) is 29.6 Å². The van der Waals surface area contributed by atoms with E-state index in [1.807, 2.05) is 0 Å². The van der Waals surface area contributed by atoms with E-state index in [4.69, 9.17) is 0 Å². The zero-order chi connectivity index (χ0) is 18.7. The minimum atomic E-state index is 0.0321. The van der Waals surface area contributed by atoms with Gasteiger partial charge in [0.2, 0.25) is 5.91 Å². The second-order valence-corrected chi connectivity index (χ2v) is 11.8. The van der Waals surface area contributed by atoms with Crippen molar-refractivity contribution in [3.8, 4) is 0 Å². The van der Waals surface area contributed by atoms with E-state index in [2.05, 4.69) is 10.2 Å². The predicted octanol–water partition coefficient (Wildman–Crippen LogP) is 5.04. The first-order valence-electron chi connectivity index (χ1n) is 12.8. The Morgan fingerprint density at radius 3 is 1.79 bits per heavy atom. The summed E-state index contributed by atoms with van der Waals surface area (Å²) >= 11 is 0. The van der Waals surface area contributed by atoms with Gasteiger partial charge in [-0.15, -0.1) is 0 Å². The molecule has 7 fully saturated rings. The maximum absolute atomic E-state index is 13.5. The van der Waals surface area contributed by atoms with Gasteiger partial charge in [0.25, 0.3) is 0 Å². The maximum atomic E-state index is 13.5. The van der Waals surface area contributed by atoms with Gasteiger partial charge in [-0.1, -0.05) is 25.7 Å². The fraction of sp³-hybridized carbons (Fsp3) is 0.960. The van der Waals surface area contributed by atoms with Gasteiger partial charge < -0.3 is 5.32 Å². The molecule has 156 valence electrons. The SMILES string of the molecule is O=C(NC1C[C@H]2CCC[C@@H](C1)N2C1CCCCC1)C12CC3CC(CC(C3)C1)C2. The summed E-state index contributed by atoms with van der Waals surface area (Å²) in [4.78, 5) is 16.5. The molecule has 1 N–H and O–H groups in total. The quantitative estimate of drug-likeness (QED) is 0.739. The number of fused-ring (bicyclic) bond motifs is 2. The first kappa shape index (κ1) is 18.2. The number of nitrogens with zero attached hydrogens (tertiary/aromatic N) is 1. The van der Waals surface area contributed by atoms with Crippen LogP contribution in [0.5, 0.6) is 0 Å². The summed E-state index contributed by atoms with van der Waals surface area (Å²) in [6, 6.07) is 2.80. The Bertz CT molecular complexity index is 560. The molecule has 5 aliphatic carbocycles. The van der Waals surface area contributed by atoms with Crippen LogP contribution in [-0.2, 0) is 4.79 Å². The molecular weight excluding hydrogens is 344 g/mol. The molecule has 3 atom stereocenters. The van der Waals surface area contributed by atoms with Crippen LogP contribution in [0.3, 0.4) is 0 Å². The molecule has 0 aromatic carbocycles. The second kappa shape index (κ2) is 7.00. The monoisotopic (exact) mass is 384 g/mol. The van der Waals surface area contributed by atoms with E-state index in [1.165, 1.54) is 103 Å². The van der Waals surface area contributed by atoms with Crippen molar-refractivity contribution in [2.75, 3.05) is 0 Å². The number of carbonyl (C=O) groups excluding carboxylic acids is 1. The van der Waals surface area contributed by atoms with Crippen LogP contribution in [-0.4, -0.2) is 35.0 Å². The summed E-state index contributed by atoms with van der Waals surface area (Å²) in [6.45, 7) is 0. The molecule has 28 heavy (non-hydrogen) atoms. The second-order valence-electron chi connectivity index (χ2n) is 11.8. The molecule has 7 rings (SSSR count). The van der Waals surface area contributed by atoms with Crippen molar-refractivity contribution >= 4 is 5.91 Å². The third-order valence-electron chi connectivity index (χ3n) is 9.88. The highest BCUT2D eigenvalue weighted by Crippen LogP contribution is 2.60. The lowest BCUT2D eigenvalue weighted by Gasteiger charge is -2.57. The van der Waals surface area contributed by atoms with Gasteiger partial charge in [-0.05, 0) is 94.8 Å². The standard InChI is InChI=1S/C25H40N2O/c28-24(25-14-17-9-18(15-25)11-19(10-17)16-25)26-20-12-22-7-4-8-23(13-20)27(22)21-5-2-1-3-6-21/h17-23H,1-16H2,(H,26,28)/t17?,18?,19?,20?,22-,23+,25?. The molecule has 0 radical (unpaired) electrons. The lowest BCUT2D eigenvalue weighted by molar-refractivity contribution is -0.148. The highest BCUT2D eigenvalue weighted by molar-refractivity contribution is 5.83. The number of piperidine rings is 2. The van der Waals surface area contributed by atoms with Crippen LogP contribution in [0.4, 0.5) is 0 Å². The van der Waals surface area contributed by atoms with Crippen molar-refractivity contribution in [3.63, 3.8) is 0 Å². The molecule has 1 unspecified atom stereocenters. The predicted molar refractivity (Wildman–Crippen MR) is 112 cm³/mol. The van der Waals surface area contributed by atoms with E-state index >= 15 is 0 Å². The molecular formula is C25H40N2O. The van der Waals surface area contributed by atoms with Gasteiger partial charge in [0.15, 0.2) is 0 Å². The van der Waals surface area contributed by atoms with E-state index in [9.17, 15) is 4.79 Å². The average molecular weight is 385 g/mol. The van der Waals surface area contributed by atoms with Crippen LogP contribution in [0, 0.1) is 23.2 Å². The first-order chi connectivity index (χ1) is 13.7. The average Bonchev–Trinajstić information content (AvgIpc) is 2.67. The number of hydrogen-bond acceptors (Lipinski definition) is 2. The molecule has 5 saturated carbocycles. The molecule has 2 heterocycles. The number of nitrogens with one attached hydrogen (secondary N) is 1. The van der Waals surface area contributed by atoms with Gasteiger partial charge in [0.05, 0.1) is 0 Å². The smallest absolute Gasteiger partial charge is 0.226 e. The molecule has 1 amide bonds. The fourth-order valence-corrected chi connectivity index (χ4v) is 9.24. The van der Waals surface area contributed by atoms with Gasteiger partial charge >= 0.3 is 0 Å². The molecule has 6 bridgehead atoms. The molecule has 0 spiro atoms. The van der Waals surface area contributed by atoms with E-state index in [0.29, 0.717) is 11.9 Å². The lowest BCUT2D eigenvalue weighted by Crippen LogP contribution is -2.62. The molecule has 3 nitrogen and oxygen atoms in total. The fourth-order valence-electron chi connectivity index (χ4n) is 9.24. The molecule has 7 aliphatic rings. The third kappa shape index (κ3) is 3.06. The summed E-state index contributed by atoms with van der Waals surface area (Å²) < 4.78 is 0. The van der Waals surface area contributed by atoms with Crippen molar-refractivity contribution in [3.05, 3.63) is 0 Å².